The van der Waals surface area contributed by atoms with Crippen molar-refractivity contribution in [2.24, 2.45) is 0 Å². The molecular formula is C17H13ClN4O2. The Hall–Kier alpha value is -3.17. The van der Waals surface area contributed by atoms with Gasteiger partial charge in [0.2, 0.25) is 0 Å². The Balaban J connectivity index is 2.08. The number of aromatic nitrogens is 1. The van der Waals surface area contributed by atoms with E-state index in [-0.39, 0.29) is 16.5 Å². The second-order valence-corrected chi connectivity index (χ2v) is 5.10. The van der Waals surface area contributed by atoms with Gasteiger partial charge >= 0.3 is 0 Å². The number of hydrogen-bond donors (Lipinski definition) is 2. The summed E-state index contributed by atoms with van der Waals surface area (Å²) in [6.45, 7) is 1.46. The molecule has 0 aliphatic rings. The van der Waals surface area contributed by atoms with E-state index < -0.39 is 5.91 Å². The third-order valence-corrected chi connectivity index (χ3v) is 3.35. The average molecular weight is 341 g/mol. The summed E-state index contributed by atoms with van der Waals surface area (Å²) in [6, 6.07) is 11.5. The van der Waals surface area contributed by atoms with E-state index in [1.807, 2.05) is 6.07 Å². The molecule has 1 heterocycles. The van der Waals surface area contributed by atoms with E-state index >= 15 is 0 Å². The van der Waals surface area contributed by atoms with Crippen LogP contribution >= 0.6 is 11.6 Å². The minimum atomic E-state index is -0.583. The van der Waals surface area contributed by atoms with Crippen LogP contribution in [0.4, 0.5) is 11.4 Å². The lowest BCUT2D eigenvalue weighted by Crippen LogP contribution is -2.14. The van der Waals surface area contributed by atoms with Crippen LogP contribution in [0.15, 0.2) is 54.4 Å². The first-order valence-electron chi connectivity index (χ1n) is 6.91. The van der Waals surface area contributed by atoms with Gasteiger partial charge in [0.15, 0.2) is 10.9 Å². The molecule has 2 aromatic rings. The lowest BCUT2D eigenvalue weighted by atomic mass is 10.1. The molecule has 1 aromatic heterocycles. The highest BCUT2D eigenvalue weighted by molar-refractivity contribution is 6.32. The summed E-state index contributed by atoms with van der Waals surface area (Å²) in [5.41, 5.74) is 1.36. The fourth-order valence-electron chi connectivity index (χ4n) is 1.78. The minimum absolute atomic E-state index is 0.0666. The van der Waals surface area contributed by atoms with Gasteiger partial charge < -0.3 is 10.6 Å². The number of hydrogen-bond acceptors (Lipinski definition) is 5. The number of nitriles is 1. The summed E-state index contributed by atoms with van der Waals surface area (Å²) in [5, 5.41) is 14.7. The number of Topliss-reactive ketones (excluding diaryl/α,β-unsaturated/α-hetero) is 1. The predicted octanol–water partition coefficient (Wildman–Crippen LogP) is 3.40. The topological polar surface area (TPSA) is 94.9 Å². The number of benzene rings is 1. The summed E-state index contributed by atoms with van der Waals surface area (Å²) in [5.74, 6) is -0.649. The fraction of sp³-hybridized carbons (Fsp3) is 0.0588. The third kappa shape index (κ3) is 4.41. The number of amides is 1. The number of pyridine rings is 1. The van der Waals surface area contributed by atoms with Crippen LogP contribution in [-0.2, 0) is 4.79 Å². The number of nitrogens with one attached hydrogen (secondary N) is 2. The normalized spacial score (nSPS) is 10.6. The summed E-state index contributed by atoms with van der Waals surface area (Å²) >= 11 is 5.89. The smallest absolute Gasteiger partial charge is 0.267 e. The van der Waals surface area contributed by atoms with Gasteiger partial charge in [-0.3, -0.25) is 9.59 Å². The Morgan fingerprint density at radius 2 is 1.96 bits per heavy atom. The standard InChI is InChI=1S/C17H13ClN4O2/c1-11(23)12-4-6-14(7-5-12)22-17(24)13(9-19)10-21-15-3-2-8-20-16(15)18/h2-8,10,21H,1H3,(H,22,24)/b13-10-. The van der Waals surface area contributed by atoms with Gasteiger partial charge in [0.1, 0.15) is 11.6 Å². The minimum Gasteiger partial charge on any atom is -0.358 e. The van der Waals surface area contributed by atoms with Crippen molar-refractivity contribution in [1.82, 2.24) is 4.98 Å². The van der Waals surface area contributed by atoms with Gasteiger partial charge in [-0.15, -0.1) is 0 Å². The number of halogens is 1. The first kappa shape index (κ1) is 17.2. The zero-order valence-corrected chi connectivity index (χ0v) is 13.5. The molecule has 0 radical (unpaired) electrons. The number of rotatable bonds is 5. The van der Waals surface area contributed by atoms with Crippen molar-refractivity contribution in [2.45, 2.75) is 6.92 Å². The molecule has 0 aliphatic heterocycles. The third-order valence-electron chi connectivity index (χ3n) is 3.05. The lowest BCUT2D eigenvalue weighted by molar-refractivity contribution is -0.112. The van der Waals surface area contributed by atoms with Crippen molar-refractivity contribution < 1.29 is 9.59 Å². The molecule has 2 rings (SSSR count). The summed E-state index contributed by atoms with van der Waals surface area (Å²) in [7, 11) is 0. The van der Waals surface area contributed by atoms with E-state index in [0.29, 0.717) is 16.9 Å². The van der Waals surface area contributed by atoms with Gasteiger partial charge in [-0.05, 0) is 43.3 Å². The van der Waals surface area contributed by atoms with E-state index in [9.17, 15) is 9.59 Å². The molecule has 0 unspecified atom stereocenters. The van der Waals surface area contributed by atoms with Gasteiger partial charge in [0.25, 0.3) is 5.91 Å². The second kappa shape index (κ2) is 7.90. The van der Waals surface area contributed by atoms with E-state index in [2.05, 4.69) is 15.6 Å². The summed E-state index contributed by atoms with van der Waals surface area (Å²) in [6.07, 6.45) is 2.78. The largest absolute Gasteiger partial charge is 0.358 e. The highest BCUT2D eigenvalue weighted by Gasteiger charge is 2.10. The zero-order chi connectivity index (χ0) is 17.5. The molecule has 0 fully saturated rings. The summed E-state index contributed by atoms with van der Waals surface area (Å²) < 4.78 is 0. The van der Waals surface area contributed by atoms with Crippen molar-refractivity contribution >= 4 is 34.7 Å². The van der Waals surface area contributed by atoms with Crippen LogP contribution in [0.3, 0.4) is 0 Å². The zero-order valence-electron chi connectivity index (χ0n) is 12.7. The average Bonchev–Trinajstić information content (AvgIpc) is 2.57. The van der Waals surface area contributed by atoms with Gasteiger partial charge in [-0.1, -0.05) is 11.6 Å². The SMILES string of the molecule is CC(=O)c1ccc(NC(=O)/C(C#N)=C\Nc2cccnc2Cl)cc1. The number of nitrogens with zero attached hydrogens (tertiary/aromatic N) is 2. The van der Waals surface area contributed by atoms with E-state index in [1.165, 1.54) is 19.3 Å². The Labute approximate surface area is 143 Å². The van der Waals surface area contributed by atoms with E-state index in [1.54, 1.807) is 36.4 Å². The van der Waals surface area contributed by atoms with Crippen molar-refractivity contribution in [3.8, 4) is 6.07 Å². The van der Waals surface area contributed by atoms with Gasteiger partial charge in [-0.25, -0.2) is 4.98 Å². The quantitative estimate of drug-likeness (QED) is 0.376. The van der Waals surface area contributed by atoms with Crippen LogP contribution in [0.25, 0.3) is 0 Å². The van der Waals surface area contributed by atoms with Crippen molar-refractivity contribution in [3.05, 3.63) is 65.1 Å². The van der Waals surface area contributed by atoms with E-state index in [0.717, 1.165) is 0 Å². The highest BCUT2D eigenvalue weighted by atomic mass is 35.5. The molecule has 0 atom stereocenters. The molecule has 7 heteroatoms. The molecule has 6 nitrogen and oxygen atoms in total. The van der Waals surface area contributed by atoms with Crippen LogP contribution in [0.2, 0.25) is 5.15 Å². The van der Waals surface area contributed by atoms with Gasteiger partial charge in [0.05, 0.1) is 5.69 Å². The Bertz CT molecular complexity index is 838. The van der Waals surface area contributed by atoms with Crippen LogP contribution in [0.1, 0.15) is 17.3 Å². The molecule has 1 amide bonds. The lowest BCUT2D eigenvalue weighted by Gasteiger charge is -2.06. The summed E-state index contributed by atoms with van der Waals surface area (Å²) in [4.78, 5) is 27.2. The number of carbonyl (C=O) groups is 2. The van der Waals surface area contributed by atoms with Crippen molar-refractivity contribution in [2.75, 3.05) is 10.6 Å². The predicted molar refractivity (Wildman–Crippen MR) is 91.6 cm³/mol. The van der Waals surface area contributed by atoms with Crippen molar-refractivity contribution in [3.63, 3.8) is 0 Å². The van der Waals surface area contributed by atoms with E-state index in [4.69, 9.17) is 16.9 Å². The maximum Gasteiger partial charge on any atom is 0.267 e. The second-order valence-electron chi connectivity index (χ2n) is 4.74. The highest BCUT2D eigenvalue weighted by Crippen LogP contribution is 2.18. The maximum absolute atomic E-state index is 12.1. The molecule has 120 valence electrons. The van der Waals surface area contributed by atoms with Crippen LogP contribution < -0.4 is 10.6 Å². The molecule has 0 saturated carbocycles. The van der Waals surface area contributed by atoms with Crippen LogP contribution in [-0.4, -0.2) is 16.7 Å². The molecule has 0 spiro atoms. The molecule has 0 aliphatic carbocycles. The molecular weight excluding hydrogens is 328 g/mol. The maximum atomic E-state index is 12.1. The monoisotopic (exact) mass is 340 g/mol. The Morgan fingerprint density at radius 1 is 1.25 bits per heavy atom. The Kier molecular flexibility index (Phi) is 5.66. The van der Waals surface area contributed by atoms with Gasteiger partial charge in [0, 0.05) is 23.6 Å². The van der Waals surface area contributed by atoms with Gasteiger partial charge in [-0.2, -0.15) is 5.26 Å². The first-order chi connectivity index (χ1) is 11.5. The Morgan fingerprint density at radius 3 is 2.54 bits per heavy atom. The first-order valence-corrected chi connectivity index (χ1v) is 7.28. The molecule has 24 heavy (non-hydrogen) atoms. The van der Waals surface area contributed by atoms with Crippen LogP contribution in [0.5, 0.6) is 0 Å². The van der Waals surface area contributed by atoms with Crippen molar-refractivity contribution in [1.29, 1.82) is 5.26 Å². The number of ketones is 1. The fourth-order valence-corrected chi connectivity index (χ4v) is 1.95. The number of anilines is 2. The molecule has 0 bridgehead atoms. The molecule has 0 saturated heterocycles. The van der Waals surface area contributed by atoms with Crippen LogP contribution in [0, 0.1) is 11.3 Å². The number of carbonyl (C=O) groups excluding carboxylic acids is 2. The molecule has 1 aromatic carbocycles. The molecule has 2 N–H and O–H groups in total.